The van der Waals surface area contributed by atoms with Gasteiger partial charge in [0, 0.05) is 18.0 Å². The van der Waals surface area contributed by atoms with E-state index in [-0.39, 0.29) is 5.97 Å². The zero-order valence-corrected chi connectivity index (χ0v) is 11.7. The molecule has 0 radical (unpaired) electrons. The van der Waals surface area contributed by atoms with Crippen LogP contribution in [0.1, 0.15) is 10.5 Å². The molecule has 2 aromatic rings. The van der Waals surface area contributed by atoms with Crippen LogP contribution in [-0.4, -0.2) is 18.9 Å². The Balaban J connectivity index is 2.43. The predicted molar refractivity (Wildman–Crippen MR) is 71.7 cm³/mol. The average Bonchev–Trinajstić information content (AvgIpc) is 2.55. The first-order valence-corrected chi connectivity index (χ1v) is 9.07. The number of carbonyl (C=O) groups is 1. The highest BCUT2D eigenvalue weighted by atomic mass is 28.4. The molecule has 0 saturated heterocycles. The van der Waals surface area contributed by atoms with E-state index in [2.05, 4.69) is 0 Å². The summed E-state index contributed by atoms with van der Waals surface area (Å²) in [7, 11) is 0.0542. The molecule has 0 bridgehead atoms. The van der Waals surface area contributed by atoms with E-state index in [4.69, 9.17) is 4.43 Å². The maximum Gasteiger partial charge on any atom is 0.341 e. The molecule has 0 amide bonds. The number of benzene rings is 1. The van der Waals surface area contributed by atoms with Crippen molar-refractivity contribution in [1.29, 1.82) is 0 Å². The van der Waals surface area contributed by atoms with Gasteiger partial charge in [-0.2, -0.15) is 0 Å². The zero-order chi connectivity index (χ0) is 12.6. The molecule has 2 rings (SSSR count). The third-order valence-corrected chi connectivity index (χ3v) is 3.36. The normalized spacial score (nSPS) is 11.8. The van der Waals surface area contributed by atoms with Gasteiger partial charge < -0.3 is 8.99 Å². The summed E-state index contributed by atoms with van der Waals surface area (Å²) < 4.78 is 7.40. The summed E-state index contributed by atoms with van der Waals surface area (Å²) in [6.45, 7) is 6.02. The molecular weight excluding hydrogens is 230 g/mol. The Morgan fingerprint density at radius 1 is 1.24 bits per heavy atom. The summed E-state index contributed by atoms with van der Waals surface area (Å²) in [5, 5.41) is 1.07. The Morgan fingerprint density at radius 3 is 2.47 bits per heavy atom. The van der Waals surface area contributed by atoms with E-state index >= 15 is 0 Å². The first-order chi connectivity index (χ1) is 7.88. The highest BCUT2D eigenvalue weighted by Gasteiger charge is 2.23. The Kier molecular flexibility index (Phi) is 2.83. The van der Waals surface area contributed by atoms with Crippen LogP contribution in [-0.2, 0) is 11.5 Å². The molecule has 0 aliphatic rings. The van der Waals surface area contributed by atoms with E-state index in [0.29, 0.717) is 5.69 Å². The van der Waals surface area contributed by atoms with Crippen LogP contribution in [0.3, 0.4) is 0 Å². The lowest BCUT2D eigenvalue weighted by Gasteiger charge is -2.17. The molecule has 17 heavy (non-hydrogen) atoms. The van der Waals surface area contributed by atoms with E-state index in [1.165, 1.54) is 0 Å². The van der Waals surface area contributed by atoms with Crippen LogP contribution >= 0.6 is 0 Å². The van der Waals surface area contributed by atoms with Crippen LogP contribution in [0.2, 0.25) is 19.6 Å². The SMILES string of the molecule is Cn1c(C(=O)O[Si](C)(C)C)cc2ccccc21. The third kappa shape index (κ3) is 2.41. The van der Waals surface area contributed by atoms with Crippen molar-refractivity contribution in [3.63, 3.8) is 0 Å². The summed E-state index contributed by atoms with van der Waals surface area (Å²) in [5.41, 5.74) is 1.67. The Hall–Kier alpha value is -1.55. The van der Waals surface area contributed by atoms with Crippen LogP contribution in [0.15, 0.2) is 30.3 Å². The van der Waals surface area contributed by atoms with Gasteiger partial charge in [-0.1, -0.05) is 18.2 Å². The van der Waals surface area contributed by atoms with Gasteiger partial charge in [0.05, 0.1) is 0 Å². The van der Waals surface area contributed by atoms with Gasteiger partial charge in [0.2, 0.25) is 8.32 Å². The average molecular weight is 247 g/mol. The molecule has 1 aromatic carbocycles. The molecule has 0 spiro atoms. The maximum atomic E-state index is 12.0. The number of aryl methyl sites for hydroxylation is 1. The van der Waals surface area contributed by atoms with Crippen molar-refractivity contribution >= 4 is 25.2 Å². The van der Waals surface area contributed by atoms with Gasteiger partial charge in [0.15, 0.2) is 0 Å². The number of fused-ring (bicyclic) bond motifs is 1. The lowest BCUT2D eigenvalue weighted by molar-refractivity contribution is 0.0715. The second-order valence-electron chi connectivity index (χ2n) is 5.15. The lowest BCUT2D eigenvalue weighted by atomic mass is 10.2. The topological polar surface area (TPSA) is 31.2 Å². The molecular formula is C13H17NO2Si. The molecule has 0 N–H and O–H groups in total. The van der Waals surface area contributed by atoms with E-state index in [1.54, 1.807) is 0 Å². The largest absolute Gasteiger partial charge is 0.515 e. The molecule has 0 atom stereocenters. The molecule has 0 unspecified atom stereocenters. The van der Waals surface area contributed by atoms with Crippen molar-refractivity contribution < 1.29 is 9.22 Å². The zero-order valence-electron chi connectivity index (χ0n) is 10.7. The van der Waals surface area contributed by atoms with Crippen LogP contribution in [0, 0.1) is 0 Å². The highest BCUT2D eigenvalue weighted by Crippen LogP contribution is 2.20. The van der Waals surface area contributed by atoms with E-state index in [0.717, 1.165) is 10.9 Å². The highest BCUT2D eigenvalue weighted by molar-refractivity contribution is 6.71. The summed E-state index contributed by atoms with van der Waals surface area (Å²) in [5.74, 6) is -0.220. The van der Waals surface area contributed by atoms with Gasteiger partial charge in [-0.3, -0.25) is 0 Å². The smallest absolute Gasteiger partial charge is 0.341 e. The second kappa shape index (κ2) is 4.03. The Labute approximate surface area is 102 Å². The number of para-hydroxylation sites is 1. The maximum absolute atomic E-state index is 12.0. The van der Waals surface area contributed by atoms with Crippen molar-refractivity contribution in [1.82, 2.24) is 4.57 Å². The number of hydrogen-bond donors (Lipinski definition) is 0. The van der Waals surface area contributed by atoms with Crippen molar-refractivity contribution in [2.45, 2.75) is 19.6 Å². The molecule has 1 heterocycles. The molecule has 90 valence electrons. The van der Waals surface area contributed by atoms with Gasteiger partial charge in [-0.15, -0.1) is 0 Å². The van der Waals surface area contributed by atoms with Gasteiger partial charge in [-0.05, 0) is 31.8 Å². The first-order valence-electron chi connectivity index (χ1n) is 5.66. The number of nitrogens with zero attached hydrogens (tertiary/aromatic N) is 1. The fraction of sp³-hybridized carbons (Fsp3) is 0.308. The summed E-state index contributed by atoms with van der Waals surface area (Å²) in [6.07, 6.45) is 0. The molecule has 0 aliphatic heterocycles. The Morgan fingerprint density at radius 2 is 1.88 bits per heavy atom. The van der Waals surface area contributed by atoms with Gasteiger partial charge in [0.25, 0.3) is 0 Å². The Bertz CT molecular complexity index is 566. The first kappa shape index (κ1) is 11.9. The van der Waals surface area contributed by atoms with Crippen molar-refractivity contribution in [3.8, 4) is 0 Å². The van der Waals surface area contributed by atoms with Crippen LogP contribution < -0.4 is 0 Å². The molecule has 0 fully saturated rings. The number of carbonyl (C=O) groups excluding carboxylic acids is 1. The number of hydrogen-bond acceptors (Lipinski definition) is 2. The summed E-state index contributed by atoms with van der Waals surface area (Å²) in [6, 6.07) is 9.82. The fourth-order valence-electron chi connectivity index (χ4n) is 1.82. The molecule has 1 aromatic heterocycles. The third-order valence-electron chi connectivity index (χ3n) is 2.56. The van der Waals surface area contributed by atoms with Gasteiger partial charge >= 0.3 is 5.97 Å². The molecule has 0 aliphatic carbocycles. The minimum absolute atomic E-state index is 0.220. The number of aromatic nitrogens is 1. The minimum Gasteiger partial charge on any atom is -0.515 e. The number of rotatable bonds is 2. The fourth-order valence-corrected chi connectivity index (χ4v) is 2.48. The quantitative estimate of drug-likeness (QED) is 0.763. The minimum atomic E-state index is -1.84. The van der Waals surface area contributed by atoms with Crippen molar-refractivity contribution in [2.75, 3.05) is 0 Å². The standard InChI is InChI=1S/C13H17NO2Si/c1-14-11-8-6-5-7-10(11)9-12(14)13(15)16-17(2,3)4/h5-9H,1-4H3. The molecule has 0 saturated carbocycles. The lowest BCUT2D eigenvalue weighted by Crippen LogP contribution is -2.30. The predicted octanol–water partition coefficient (Wildman–Crippen LogP) is 3.17. The van der Waals surface area contributed by atoms with Crippen molar-refractivity contribution in [3.05, 3.63) is 36.0 Å². The molecule has 4 heteroatoms. The summed E-state index contributed by atoms with van der Waals surface area (Å²) >= 11 is 0. The van der Waals surface area contributed by atoms with E-state index in [1.807, 2.05) is 61.6 Å². The second-order valence-corrected chi connectivity index (χ2v) is 9.58. The molecule has 3 nitrogen and oxygen atoms in total. The summed E-state index contributed by atoms with van der Waals surface area (Å²) in [4.78, 5) is 12.0. The van der Waals surface area contributed by atoms with Gasteiger partial charge in [-0.25, -0.2) is 4.79 Å². The van der Waals surface area contributed by atoms with Crippen LogP contribution in [0.4, 0.5) is 0 Å². The van der Waals surface area contributed by atoms with E-state index in [9.17, 15) is 4.79 Å². The van der Waals surface area contributed by atoms with Crippen LogP contribution in [0.5, 0.6) is 0 Å². The van der Waals surface area contributed by atoms with Crippen LogP contribution in [0.25, 0.3) is 10.9 Å². The van der Waals surface area contributed by atoms with E-state index < -0.39 is 8.32 Å². The van der Waals surface area contributed by atoms with Gasteiger partial charge in [0.1, 0.15) is 5.69 Å². The van der Waals surface area contributed by atoms with Crippen molar-refractivity contribution in [2.24, 2.45) is 7.05 Å². The monoisotopic (exact) mass is 247 g/mol.